The van der Waals surface area contributed by atoms with Gasteiger partial charge in [0.25, 0.3) is 0 Å². The highest BCUT2D eigenvalue weighted by molar-refractivity contribution is 5.13. The summed E-state index contributed by atoms with van der Waals surface area (Å²) in [5.74, 6) is 0. The standard InChI is InChI=1S/C14H18O5/c1-16-12-10-8-18-14(19-10)13(11(12)15)17-7-9-5-3-2-4-6-9/h2-6,10-15H,7-8H2,1H3. The number of aliphatic hydroxyl groups excluding tert-OH is 1. The van der Waals surface area contributed by atoms with E-state index in [1.165, 1.54) is 0 Å². The molecule has 2 aliphatic heterocycles. The molecule has 3 rings (SSSR count). The molecule has 1 aromatic carbocycles. The summed E-state index contributed by atoms with van der Waals surface area (Å²) < 4.78 is 22.2. The van der Waals surface area contributed by atoms with Crippen LogP contribution in [0.1, 0.15) is 5.56 Å². The zero-order valence-corrected chi connectivity index (χ0v) is 10.8. The third-order valence-corrected chi connectivity index (χ3v) is 3.60. The van der Waals surface area contributed by atoms with Gasteiger partial charge in [-0.15, -0.1) is 0 Å². The van der Waals surface area contributed by atoms with Crippen LogP contribution in [0.3, 0.4) is 0 Å². The Morgan fingerprint density at radius 2 is 2.05 bits per heavy atom. The smallest absolute Gasteiger partial charge is 0.187 e. The maximum Gasteiger partial charge on any atom is 0.187 e. The lowest BCUT2D eigenvalue weighted by molar-refractivity contribution is -0.250. The molecule has 2 heterocycles. The van der Waals surface area contributed by atoms with Crippen LogP contribution in [0.25, 0.3) is 0 Å². The minimum absolute atomic E-state index is 0.207. The molecule has 0 radical (unpaired) electrons. The van der Waals surface area contributed by atoms with Crippen LogP contribution >= 0.6 is 0 Å². The van der Waals surface area contributed by atoms with Crippen molar-refractivity contribution in [1.82, 2.24) is 0 Å². The monoisotopic (exact) mass is 266 g/mol. The van der Waals surface area contributed by atoms with Gasteiger partial charge in [0.05, 0.1) is 13.2 Å². The van der Waals surface area contributed by atoms with Gasteiger partial charge in [-0.25, -0.2) is 0 Å². The largest absolute Gasteiger partial charge is 0.387 e. The highest BCUT2D eigenvalue weighted by Crippen LogP contribution is 2.31. The third kappa shape index (κ3) is 2.52. The van der Waals surface area contributed by atoms with Crippen molar-refractivity contribution in [2.75, 3.05) is 13.7 Å². The molecule has 2 aliphatic rings. The molecular formula is C14H18O5. The van der Waals surface area contributed by atoms with Crippen LogP contribution in [-0.4, -0.2) is 49.5 Å². The van der Waals surface area contributed by atoms with E-state index in [9.17, 15) is 5.11 Å². The van der Waals surface area contributed by atoms with E-state index in [2.05, 4.69) is 0 Å². The molecule has 104 valence electrons. The van der Waals surface area contributed by atoms with Crippen LogP contribution in [0.15, 0.2) is 30.3 Å². The summed E-state index contributed by atoms with van der Waals surface area (Å²) in [7, 11) is 1.56. The Kier molecular flexibility index (Phi) is 3.81. The first-order valence-corrected chi connectivity index (χ1v) is 6.43. The van der Waals surface area contributed by atoms with Gasteiger partial charge in [0.15, 0.2) is 6.29 Å². The zero-order chi connectivity index (χ0) is 13.2. The topological polar surface area (TPSA) is 57.2 Å². The van der Waals surface area contributed by atoms with Gasteiger partial charge in [0.2, 0.25) is 0 Å². The summed E-state index contributed by atoms with van der Waals surface area (Å²) in [5.41, 5.74) is 1.05. The van der Waals surface area contributed by atoms with Gasteiger partial charge in [0.1, 0.15) is 24.4 Å². The molecule has 0 amide bonds. The zero-order valence-electron chi connectivity index (χ0n) is 10.8. The van der Waals surface area contributed by atoms with Gasteiger partial charge in [-0.3, -0.25) is 0 Å². The molecule has 2 bridgehead atoms. The van der Waals surface area contributed by atoms with E-state index in [-0.39, 0.29) is 6.10 Å². The Labute approximate surface area is 112 Å². The SMILES string of the molecule is COC1C2COC(O2)C(OCc2ccccc2)C1O. The van der Waals surface area contributed by atoms with Crippen LogP contribution in [-0.2, 0) is 25.6 Å². The first-order chi connectivity index (χ1) is 9.29. The van der Waals surface area contributed by atoms with Crippen molar-refractivity contribution in [3.05, 3.63) is 35.9 Å². The summed E-state index contributed by atoms with van der Waals surface area (Å²) in [6.07, 6.45) is -2.37. The first kappa shape index (κ1) is 13.0. The molecule has 5 nitrogen and oxygen atoms in total. The van der Waals surface area contributed by atoms with E-state index in [0.717, 1.165) is 5.56 Å². The molecule has 0 saturated carbocycles. The average molecular weight is 266 g/mol. The van der Waals surface area contributed by atoms with Crippen molar-refractivity contribution in [1.29, 1.82) is 0 Å². The van der Waals surface area contributed by atoms with Gasteiger partial charge in [-0.2, -0.15) is 0 Å². The molecule has 2 fully saturated rings. The lowest BCUT2D eigenvalue weighted by Gasteiger charge is -2.37. The predicted molar refractivity (Wildman–Crippen MR) is 66.4 cm³/mol. The van der Waals surface area contributed by atoms with Crippen LogP contribution in [0.5, 0.6) is 0 Å². The first-order valence-electron chi connectivity index (χ1n) is 6.43. The molecule has 5 atom stereocenters. The third-order valence-electron chi connectivity index (χ3n) is 3.60. The van der Waals surface area contributed by atoms with Gasteiger partial charge in [0, 0.05) is 7.11 Å². The summed E-state index contributed by atoms with van der Waals surface area (Å²) in [5, 5.41) is 10.3. The van der Waals surface area contributed by atoms with Crippen LogP contribution in [0.2, 0.25) is 0 Å². The number of hydrogen-bond acceptors (Lipinski definition) is 5. The number of rotatable bonds is 4. The van der Waals surface area contributed by atoms with Crippen LogP contribution in [0, 0.1) is 0 Å². The fourth-order valence-corrected chi connectivity index (χ4v) is 2.59. The number of hydrogen-bond donors (Lipinski definition) is 1. The second kappa shape index (κ2) is 5.56. The van der Waals surface area contributed by atoms with Crippen molar-refractivity contribution in [3.8, 4) is 0 Å². The highest BCUT2D eigenvalue weighted by Gasteiger charge is 2.51. The second-order valence-corrected chi connectivity index (χ2v) is 4.83. The van der Waals surface area contributed by atoms with Crippen molar-refractivity contribution in [3.63, 3.8) is 0 Å². The number of ether oxygens (including phenoxy) is 4. The fraction of sp³-hybridized carbons (Fsp3) is 0.571. The maximum atomic E-state index is 10.3. The highest BCUT2D eigenvalue weighted by atomic mass is 16.8. The number of fused-ring (bicyclic) bond motifs is 2. The molecule has 2 saturated heterocycles. The van der Waals surface area contributed by atoms with Crippen molar-refractivity contribution < 1.29 is 24.1 Å². The van der Waals surface area contributed by atoms with E-state index in [4.69, 9.17) is 18.9 Å². The average Bonchev–Trinajstić information content (AvgIpc) is 2.86. The van der Waals surface area contributed by atoms with Crippen molar-refractivity contribution in [2.24, 2.45) is 0 Å². The number of benzene rings is 1. The molecule has 0 aliphatic carbocycles. The number of aliphatic hydroxyl groups is 1. The lowest BCUT2D eigenvalue weighted by atomic mass is 10.0. The maximum absolute atomic E-state index is 10.3. The van der Waals surface area contributed by atoms with E-state index >= 15 is 0 Å². The summed E-state index contributed by atoms with van der Waals surface area (Å²) in [4.78, 5) is 0. The molecule has 19 heavy (non-hydrogen) atoms. The van der Waals surface area contributed by atoms with Crippen molar-refractivity contribution >= 4 is 0 Å². The Hall–Kier alpha value is -0.980. The van der Waals surface area contributed by atoms with Gasteiger partial charge >= 0.3 is 0 Å². The summed E-state index contributed by atoms with van der Waals surface area (Å²) in [6, 6.07) is 9.80. The van der Waals surface area contributed by atoms with E-state index < -0.39 is 24.6 Å². The minimum Gasteiger partial charge on any atom is -0.387 e. The predicted octanol–water partition coefficient (Wildman–Crippen LogP) is 0.703. The van der Waals surface area contributed by atoms with Gasteiger partial charge in [-0.05, 0) is 5.56 Å². The molecule has 0 spiro atoms. The van der Waals surface area contributed by atoms with Gasteiger partial charge in [-0.1, -0.05) is 30.3 Å². The summed E-state index contributed by atoms with van der Waals surface area (Å²) >= 11 is 0. The Balaban J connectivity index is 1.66. The number of methoxy groups -OCH3 is 1. The van der Waals surface area contributed by atoms with E-state index in [0.29, 0.717) is 13.2 Å². The lowest BCUT2D eigenvalue weighted by Crippen LogP contribution is -2.55. The molecule has 1 aromatic rings. The Morgan fingerprint density at radius 1 is 1.26 bits per heavy atom. The second-order valence-electron chi connectivity index (χ2n) is 4.83. The molecule has 0 aromatic heterocycles. The van der Waals surface area contributed by atoms with E-state index in [1.807, 2.05) is 30.3 Å². The van der Waals surface area contributed by atoms with Gasteiger partial charge < -0.3 is 24.1 Å². The molecule has 1 N–H and O–H groups in total. The Morgan fingerprint density at radius 3 is 2.79 bits per heavy atom. The Bertz CT molecular complexity index is 410. The minimum atomic E-state index is -0.736. The summed E-state index contributed by atoms with van der Waals surface area (Å²) in [6.45, 7) is 0.846. The van der Waals surface area contributed by atoms with Crippen molar-refractivity contribution in [2.45, 2.75) is 37.3 Å². The molecular weight excluding hydrogens is 248 g/mol. The molecule has 5 heteroatoms. The quantitative estimate of drug-likeness (QED) is 0.869. The van der Waals surface area contributed by atoms with E-state index in [1.54, 1.807) is 7.11 Å². The van der Waals surface area contributed by atoms with Crippen LogP contribution < -0.4 is 0 Å². The normalized spacial score (nSPS) is 37.5. The van der Waals surface area contributed by atoms with Crippen LogP contribution in [0.4, 0.5) is 0 Å². The fourth-order valence-electron chi connectivity index (χ4n) is 2.59. The molecule has 5 unspecified atom stereocenters.